The van der Waals surface area contributed by atoms with Gasteiger partial charge in [-0.05, 0) is 24.3 Å². The number of amides is 1. The summed E-state index contributed by atoms with van der Waals surface area (Å²) in [6.45, 7) is 3.80. The second kappa shape index (κ2) is 6.30. The number of hydrogen-bond donors (Lipinski definition) is 2. The number of carbonyl (C=O) groups is 1. The van der Waals surface area contributed by atoms with E-state index in [-0.39, 0.29) is 5.91 Å². The van der Waals surface area contributed by atoms with Crippen molar-refractivity contribution in [2.45, 2.75) is 19.6 Å². The molecule has 3 aromatic rings. The van der Waals surface area contributed by atoms with Gasteiger partial charge in [0.05, 0.1) is 22.9 Å². The lowest BCUT2D eigenvalue weighted by atomic mass is 10.2. The molecule has 0 aliphatic carbocycles. The van der Waals surface area contributed by atoms with Crippen LogP contribution in [0, 0.1) is 0 Å². The Hall–Kier alpha value is -2.31. The van der Waals surface area contributed by atoms with Crippen molar-refractivity contribution in [3.63, 3.8) is 0 Å². The van der Waals surface area contributed by atoms with Crippen LogP contribution in [0.15, 0.2) is 36.8 Å². The Labute approximate surface area is 144 Å². The molecule has 124 valence electrons. The molecule has 1 aromatic carbocycles. The molecular formula is C17H18ClN5O. The van der Waals surface area contributed by atoms with Gasteiger partial charge in [-0.25, -0.2) is 4.98 Å². The number of nitrogens with zero attached hydrogens (tertiary/aromatic N) is 3. The van der Waals surface area contributed by atoms with Gasteiger partial charge >= 0.3 is 0 Å². The molecule has 0 saturated heterocycles. The molecule has 0 bridgehead atoms. The van der Waals surface area contributed by atoms with E-state index in [2.05, 4.69) is 20.2 Å². The van der Waals surface area contributed by atoms with Gasteiger partial charge in [0.2, 0.25) is 0 Å². The Kier molecular flexibility index (Phi) is 4.00. The SMILES string of the molecule is O=C(NCCn1cnc2cc(Cl)ccc21)c1ccn2c1CNCC2. The van der Waals surface area contributed by atoms with E-state index in [1.807, 2.05) is 35.0 Å². The fourth-order valence-corrected chi connectivity index (χ4v) is 3.29. The number of rotatable bonds is 4. The highest BCUT2D eigenvalue weighted by Gasteiger charge is 2.17. The van der Waals surface area contributed by atoms with Crippen molar-refractivity contribution in [2.75, 3.05) is 13.1 Å². The summed E-state index contributed by atoms with van der Waals surface area (Å²) in [5.41, 5.74) is 3.69. The van der Waals surface area contributed by atoms with Crippen LogP contribution in [-0.4, -0.2) is 33.1 Å². The quantitative estimate of drug-likeness (QED) is 0.762. The average molecular weight is 344 g/mol. The van der Waals surface area contributed by atoms with Crippen molar-refractivity contribution in [2.24, 2.45) is 0 Å². The minimum atomic E-state index is -0.0279. The van der Waals surface area contributed by atoms with E-state index in [1.54, 1.807) is 6.33 Å². The number of halogens is 1. The van der Waals surface area contributed by atoms with E-state index in [0.29, 0.717) is 18.1 Å². The van der Waals surface area contributed by atoms with Gasteiger partial charge in [-0.1, -0.05) is 11.6 Å². The van der Waals surface area contributed by atoms with Crippen LogP contribution in [0.3, 0.4) is 0 Å². The summed E-state index contributed by atoms with van der Waals surface area (Å²) in [6, 6.07) is 7.53. The molecule has 0 spiro atoms. The Balaban J connectivity index is 1.41. The van der Waals surface area contributed by atoms with Crippen molar-refractivity contribution in [3.8, 4) is 0 Å². The van der Waals surface area contributed by atoms with Crippen molar-refractivity contribution < 1.29 is 4.79 Å². The fourth-order valence-electron chi connectivity index (χ4n) is 3.12. The Morgan fingerprint density at radius 1 is 1.38 bits per heavy atom. The number of aromatic nitrogens is 3. The molecule has 1 aliphatic heterocycles. The monoisotopic (exact) mass is 343 g/mol. The third-order valence-corrected chi connectivity index (χ3v) is 4.60. The van der Waals surface area contributed by atoms with Crippen molar-refractivity contribution >= 4 is 28.5 Å². The lowest BCUT2D eigenvalue weighted by Gasteiger charge is -2.17. The molecule has 0 radical (unpaired) electrons. The maximum atomic E-state index is 12.4. The Bertz CT molecular complexity index is 898. The number of benzene rings is 1. The summed E-state index contributed by atoms with van der Waals surface area (Å²) in [5, 5.41) is 6.97. The molecule has 0 saturated carbocycles. The molecule has 0 fully saturated rings. The van der Waals surface area contributed by atoms with Crippen LogP contribution >= 0.6 is 11.6 Å². The molecule has 2 N–H and O–H groups in total. The van der Waals surface area contributed by atoms with E-state index in [9.17, 15) is 4.79 Å². The van der Waals surface area contributed by atoms with Crippen LogP contribution in [0.4, 0.5) is 0 Å². The topological polar surface area (TPSA) is 63.9 Å². The van der Waals surface area contributed by atoms with Gasteiger partial charge in [-0.15, -0.1) is 0 Å². The second-order valence-electron chi connectivity index (χ2n) is 5.87. The first-order valence-corrected chi connectivity index (χ1v) is 8.37. The second-order valence-corrected chi connectivity index (χ2v) is 6.31. The first kappa shape index (κ1) is 15.2. The molecule has 7 heteroatoms. The summed E-state index contributed by atoms with van der Waals surface area (Å²) in [7, 11) is 0. The van der Waals surface area contributed by atoms with E-state index >= 15 is 0 Å². The summed E-state index contributed by atoms with van der Waals surface area (Å²) < 4.78 is 4.15. The van der Waals surface area contributed by atoms with Crippen LogP contribution < -0.4 is 10.6 Å². The van der Waals surface area contributed by atoms with E-state index in [1.165, 1.54) is 0 Å². The molecule has 4 rings (SSSR count). The molecule has 2 aromatic heterocycles. The molecule has 24 heavy (non-hydrogen) atoms. The zero-order valence-corrected chi connectivity index (χ0v) is 13.9. The smallest absolute Gasteiger partial charge is 0.253 e. The van der Waals surface area contributed by atoms with E-state index < -0.39 is 0 Å². The zero-order valence-electron chi connectivity index (χ0n) is 13.1. The summed E-state index contributed by atoms with van der Waals surface area (Å²) in [4.78, 5) is 16.8. The third-order valence-electron chi connectivity index (χ3n) is 4.37. The summed E-state index contributed by atoms with van der Waals surface area (Å²) >= 11 is 5.98. The highest BCUT2D eigenvalue weighted by atomic mass is 35.5. The number of nitrogens with one attached hydrogen (secondary N) is 2. The zero-order chi connectivity index (χ0) is 16.5. The Morgan fingerprint density at radius 3 is 3.21 bits per heavy atom. The predicted molar refractivity (Wildman–Crippen MR) is 93.2 cm³/mol. The van der Waals surface area contributed by atoms with Gasteiger partial charge in [0, 0.05) is 49.6 Å². The van der Waals surface area contributed by atoms with Gasteiger partial charge in [0.15, 0.2) is 0 Å². The first-order valence-electron chi connectivity index (χ1n) is 8.00. The van der Waals surface area contributed by atoms with Crippen LogP contribution in [-0.2, 0) is 19.6 Å². The van der Waals surface area contributed by atoms with Crippen LogP contribution in [0.2, 0.25) is 5.02 Å². The maximum Gasteiger partial charge on any atom is 0.253 e. The first-order chi connectivity index (χ1) is 11.7. The summed E-state index contributed by atoms with van der Waals surface area (Å²) in [5.74, 6) is -0.0279. The van der Waals surface area contributed by atoms with Crippen LogP contribution in [0.1, 0.15) is 16.1 Å². The molecule has 0 unspecified atom stereocenters. The lowest BCUT2D eigenvalue weighted by Crippen LogP contribution is -2.32. The molecule has 6 nitrogen and oxygen atoms in total. The highest BCUT2D eigenvalue weighted by molar-refractivity contribution is 6.31. The summed E-state index contributed by atoms with van der Waals surface area (Å²) in [6.07, 6.45) is 3.76. The minimum Gasteiger partial charge on any atom is -0.350 e. The van der Waals surface area contributed by atoms with Gasteiger partial charge in [-0.2, -0.15) is 0 Å². The number of imidazole rings is 1. The van der Waals surface area contributed by atoms with Gasteiger partial charge in [0.1, 0.15) is 0 Å². The highest BCUT2D eigenvalue weighted by Crippen LogP contribution is 2.18. The molecular weight excluding hydrogens is 326 g/mol. The average Bonchev–Trinajstić information content (AvgIpc) is 3.18. The standard InChI is InChI=1S/C17H18ClN5O/c18-12-1-2-15-14(9-12)21-11-23(15)8-5-20-17(24)13-3-6-22-7-4-19-10-16(13)22/h1-3,6,9,11,19H,4-5,7-8,10H2,(H,20,24). The Morgan fingerprint density at radius 2 is 2.29 bits per heavy atom. The van der Waals surface area contributed by atoms with Crippen molar-refractivity contribution in [3.05, 3.63) is 53.1 Å². The van der Waals surface area contributed by atoms with E-state index in [4.69, 9.17) is 11.6 Å². The van der Waals surface area contributed by atoms with Crippen molar-refractivity contribution in [1.29, 1.82) is 0 Å². The number of hydrogen-bond acceptors (Lipinski definition) is 3. The van der Waals surface area contributed by atoms with Crippen molar-refractivity contribution in [1.82, 2.24) is 24.8 Å². The molecule has 1 amide bonds. The molecule has 0 atom stereocenters. The normalized spacial score (nSPS) is 13.9. The molecule has 3 heterocycles. The number of carbonyl (C=O) groups excluding carboxylic acids is 1. The third kappa shape index (κ3) is 2.79. The fraction of sp³-hybridized carbons (Fsp3) is 0.294. The van der Waals surface area contributed by atoms with Gasteiger partial charge in [-0.3, -0.25) is 4.79 Å². The van der Waals surface area contributed by atoms with Gasteiger partial charge < -0.3 is 19.8 Å². The molecule has 1 aliphatic rings. The minimum absolute atomic E-state index is 0.0279. The largest absolute Gasteiger partial charge is 0.350 e. The maximum absolute atomic E-state index is 12.4. The lowest BCUT2D eigenvalue weighted by molar-refractivity contribution is 0.0951. The van der Waals surface area contributed by atoms with Gasteiger partial charge in [0.25, 0.3) is 5.91 Å². The predicted octanol–water partition coefficient (Wildman–Crippen LogP) is 2.02. The van der Waals surface area contributed by atoms with Crippen LogP contribution in [0.5, 0.6) is 0 Å². The van der Waals surface area contributed by atoms with E-state index in [0.717, 1.165) is 41.9 Å². The number of fused-ring (bicyclic) bond motifs is 2. The van der Waals surface area contributed by atoms with Crippen LogP contribution in [0.25, 0.3) is 11.0 Å².